The number of esters is 1. The highest BCUT2D eigenvalue weighted by Gasteiger charge is 2.59. The van der Waals surface area contributed by atoms with Crippen molar-refractivity contribution in [2.75, 3.05) is 0 Å². The summed E-state index contributed by atoms with van der Waals surface area (Å²) < 4.78 is 6.18. The summed E-state index contributed by atoms with van der Waals surface area (Å²) in [6.45, 7) is 14.8. The standard InChI is InChI=1S/C69H112O2/c1-7-8-9-10-11-12-13-14-15-16-17-18-19-20-21-22-23-24-25-26-27-28-29-30-31-32-33-34-35-36-37-38-39-40-41-42-43-44-45-49-67(70)71-62-54-56-68(5)61(58-62)50-51-63-65-53-52-64(60(4)48-46-47-59(2)3)69(65,6)57-55-66(63)68/h8-9,11-12,14-15,17-18,20-21,23-24,26-27,29-30,50,59-60,62-66H,7,10,13,16,19,22,25,28,31-49,51-58H2,1-6H3/b9-8-,12-11-,15-14-,18-17-,21-20-,24-23-,27-26-,30-29-. The first kappa shape index (κ1) is 60.7. The number of carbonyl (C=O) groups excluding carboxylic acids is 1. The highest BCUT2D eigenvalue weighted by molar-refractivity contribution is 5.69. The van der Waals surface area contributed by atoms with Gasteiger partial charge in [-0.25, -0.2) is 0 Å². The second kappa shape index (κ2) is 37.0. The normalized spacial score (nSPS) is 26.4. The highest BCUT2D eigenvalue weighted by Crippen LogP contribution is 2.67. The minimum atomic E-state index is 0.0602. The van der Waals surface area contributed by atoms with Crippen LogP contribution in [0, 0.1) is 46.3 Å². The quantitative estimate of drug-likeness (QED) is 0.0350. The van der Waals surface area contributed by atoms with Crippen molar-refractivity contribution in [1.29, 1.82) is 0 Å². The Kier molecular flexibility index (Phi) is 31.6. The molecule has 4 aliphatic rings. The minimum absolute atomic E-state index is 0.0602. The molecule has 2 heteroatoms. The van der Waals surface area contributed by atoms with Gasteiger partial charge in [-0.2, -0.15) is 0 Å². The van der Waals surface area contributed by atoms with Gasteiger partial charge < -0.3 is 4.74 Å². The number of carbonyl (C=O) groups is 1. The third-order valence-corrected chi connectivity index (χ3v) is 18.0. The van der Waals surface area contributed by atoms with E-state index in [9.17, 15) is 4.79 Å². The van der Waals surface area contributed by atoms with Crippen LogP contribution in [0.5, 0.6) is 0 Å². The number of unbranched alkanes of at least 4 members (excludes halogenated alkanes) is 14. The second-order valence-electron chi connectivity index (χ2n) is 24.0. The van der Waals surface area contributed by atoms with E-state index in [1.807, 2.05) is 0 Å². The lowest BCUT2D eigenvalue weighted by Gasteiger charge is -2.58. The van der Waals surface area contributed by atoms with Crippen molar-refractivity contribution in [1.82, 2.24) is 0 Å². The van der Waals surface area contributed by atoms with E-state index in [1.54, 1.807) is 5.57 Å². The van der Waals surface area contributed by atoms with Crippen LogP contribution in [0.3, 0.4) is 0 Å². The van der Waals surface area contributed by atoms with Crippen molar-refractivity contribution in [3.8, 4) is 0 Å². The zero-order valence-corrected chi connectivity index (χ0v) is 47.4. The van der Waals surface area contributed by atoms with Crippen LogP contribution in [0.25, 0.3) is 0 Å². The Hall–Kier alpha value is -2.87. The first-order chi connectivity index (χ1) is 34.7. The van der Waals surface area contributed by atoms with E-state index in [2.05, 4.69) is 145 Å². The lowest BCUT2D eigenvalue weighted by Crippen LogP contribution is -2.51. The first-order valence-corrected chi connectivity index (χ1v) is 30.8. The molecular formula is C69H112O2. The Balaban J connectivity index is 0.886. The average molecular weight is 974 g/mol. The van der Waals surface area contributed by atoms with E-state index in [-0.39, 0.29) is 12.1 Å². The Morgan fingerprint density at radius 1 is 0.549 bits per heavy atom. The molecule has 0 N–H and O–H groups in total. The lowest BCUT2D eigenvalue weighted by atomic mass is 9.47. The Morgan fingerprint density at radius 3 is 1.54 bits per heavy atom. The maximum Gasteiger partial charge on any atom is 0.306 e. The van der Waals surface area contributed by atoms with Crippen LogP contribution in [0.1, 0.15) is 266 Å². The fourth-order valence-electron chi connectivity index (χ4n) is 13.8. The van der Waals surface area contributed by atoms with Gasteiger partial charge in [0.25, 0.3) is 0 Å². The number of hydrogen-bond donors (Lipinski definition) is 0. The summed E-state index contributed by atoms with van der Waals surface area (Å²) in [5.41, 5.74) is 2.51. The van der Waals surface area contributed by atoms with Crippen LogP contribution >= 0.6 is 0 Å². The van der Waals surface area contributed by atoms with E-state index in [1.165, 1.54) is 148 Å². The van der Waals surface area contributed by atoms with E-state index in [0.29, 0.717) is 17.3 Å². The van der Waals surface area contributed by atoms with Crippen molar-refractivity contribution in [3.05, 3.63) is 109 Å². The van der Waals surface area contributed by atoms with Gasteiger partial charge in [0.15, 0.2) is 0 Å². The number of fused-ring (bicyclic) bond motifs is 5. The van der Waals surface area contributed by atoms with Crippen LogP contribution in [-0.4, -0.2) is 12.1 Å². The molecule has 0 aromatic carbocycles. The summed E-state index contributed by atoms with van der Waals surface area (Å²) in [4.78, 5) is 13.0. The molecule has 0 amide bonds. The van der Waals surface area contributed by atoms with Gasteiger partial charge in [0.05, 0.1) is 0 Å². The molecule has 0 aromatic heterocycles. The van der Waals surface area contributed by atoms with E-state index >= 15 is 0 Å². The van der Waals surface area contributed by atoms with Gasteiger partial charge in [0, 0.05) is 12.8 Å². The van der Waals surface area contributed by atoms with Gasteiger partial charge in [-0.05, 0) is 162 Å². The summed E-state index contributed by atoms with van der Waals surface area (Å²) in [6.07, 6.45) is 82.4. The predicted molar refractivity (Wildman–Crippen MR) is 313 cm³/mol. The monoisotopic (exact) mass is 973 g/mol. The summed E-state index contributed by atoms with van der Waals surface area (Å²) >= 11 is 0. The van der Waals surface area contributed by atoms with Gasteiger partial charge in [-0.3, -0.25) is 4.79 Å². The maximum absolute atomic E-state index is 13.0. The second-order valence-corrected chi connectivity index (χ2v) is 24.0. The van der Waals surface area contributed by atoms with Gasteiger partial charge in [0.1, 0.15) is 6.10 Å². The maximum atomic E-state index is 13.0. The van der Waals surface area contributed by atoms with Crippen LogP contribution in [-0.2, 0) is 9.53 Å². The van der Waals surface area contributed by atoms with E-state index < -0.39 is 0 Å². The van der Waals surface area contributed by atoms with Gasteiger partial charge in [0.2, 0.25) is 0 Å². The molecule has 2 nitrogen and oxygen atoms in total. The van der Waals surface area contributed by atoms with Crippen molar-refractivity contribution in [2.24, 2.45) is 46.3 Å². The zero-order valence-electron chi connectivity index (χ0n) is 47.4. The van der Waals surface area contributed by atoms with Gasteiger partial charge in [-0.15, -0.1) is 0 Å². The zero-order chi connectivity index (χ0) is 50.7. The molecule has 3 saturated carbocycles. The van der Waals surface area contributed by atoms with Gasteiger partial charge in [-0.1, -0.05) is 247 Å². The van der Waals surface area contributed by atoms with Crippen molar-refractivity contribution in [2.45, 2.75) is 272 Å². The Bertz CT molecular complexity index is 1680. The number of rotatable bonds is 38. The third kappa shape index (κ3) is 23.5. The highest BCUT2D eigenvalue weighted by atomic mass is 16.5. The first-order valence-electron chi connectivity index (χ1n) is 30.8. The van der Waals surface area contributed by atoms with Crippen molar-refractivity contribution in [3.63, 3.8) is 0 Å². The molecule has 0 aromatic rings. The molecule has 0 radical (unpaired) electrons. The topological polar surface area (TPSA) is 26.3 Å². The van der Waals surface area contributed by atoms with Crippen LogP contribution in [0.2, 0.25) is 0 Å². The van der Waals surface area contributed by atoms with Crippen molar-refractivity contribution < 1.29 is 9.53 Å². The fourth-order valence-corrected chi connectivity index (χ4v) is 13.8. The summed E-state index contributed by atoms with van der Waals surface area (Å²) in [5, 5.41) is 0. The van der Waals surface area contributed by atoms with Gasteiger partial charge >= 0.3 is 5.97 Å². The van der Waals surface area contributed by atoms with Crippen LogP contribution in [0.15, 0.2) is 109 Å². The van der Waals surface area contributed by atoms with Crippen LogP contribution < -0.4 is 0 Å². The molecule has 4 aliphatic carbocycles. The average Bonchev–Trinajstić information content (AvgIpc) is 3.72. The number of ether oxygens (including phenoxy) is 1. The minimum Gasteiger partial charge on any atom is -0.462 e. The van der Waals surface area contributed by atoms with Crippen molar-refractivity contribution >= 4 is 5.97 Å². The molecule has 0 bridgehead atoms. The number of allylic oxidation sites excluding steroid dienone is 17. The molecule has 0 spiro atoms. The molecule has 71 heavy (non-hydrogen) atoms. The molecule has 400 valence electrons. The molecule has 8 atom stereocenters. The SMILES string of the molecule is CC/C=C\C/C=C\C/C=C\C/C=C\C/C=C\C/C=C\C/C=C\C/C=C\CCCCCCCCCCCCCCCCC(=O)OC1CCC2(C)C(=CCC3C2CCC2(C)C(C(C)CCCC(C)C)CCC32)C1. The van der Waals surface area contributed by atoms with E-state index in [0.717, 1.165) is 106 Å². The Morgan fingerprint density at radius 2 is 1.03 bits per heavy atom. The van der Waals surface area contributed by atoms with E-state index in [4.69, 9.17) is 4.74 Å². The molecule has 4 rings (SSSR count). The summed E-state index contributed by atoms with van der Waals surface area (Å²) in [5.74, 6) is 5.29. The Labute approximate surface area is 441 Å². The number of hydrogen-bond acceptors (Lipinski definition) is 2. The molecular weight excluding hydrogens is 861 g/mol. The summed E-state index contributed by atoms with van der Waals surface area (Å²) in [6, 6.07) is 0. The van der Waals surface area contributed by atoms with Crippen LogP contribution in [0.4, 0.5) is 0 Å². The predicted octanol–water partition coefficient (Wildman–Crippen LogP) is 21.8. The summed E-state index contributed by atoms with van der Waals surface area (Å²) in [7, 11) is 0. The third-order valence-electron chi connectivity index (χ3n) is 18.0. The smallest absolute Gasteiger partial charge is 0.306 e. The molecule has 3 fully saturated rings. The molecule has 8 unspecified atom stereocenters. The fraction of sp³-hybridized carbons (Fsp3) is 0.725. The molecule has 0 heterocycles. The molecule has 0 aliphatic heterocycles. The lowest BCUT2D eigenvalue weighted by molar-refractivity contribution is -0.151. The largest absolute Gasteiger partial charge is 0.462 e. The molecule has 0 saturated heterocycles.